The van der Waals surface area contributed by atoms with Gasteiger partial charge in [0.05, 0.1) is 5.69 Å². The van der Waals surface area contributed by atoms with Gasteiger partial charge in [0.1, 0.15) is 0 Å². The van der Waals surface area contributed by atoms with Gasteiger partial charge in [-0.3, -0.25) is 4.90 Å². The monoisotopic (exact) mass is 234 g/mol. The van der Waals surface area contributed by atoms with E-state index in [1.54, 1.807) is 17.0 Å². The van der Waals surface area contributed by atoms with E-state index < -0.39 is 0 Å². The van der Waals surface area contributed by atoms with E-state index in [2.05, 4.69) is 11.9 Å². The van der Waals surface area contributed by atoms with Crippen molar-refractivity contribution in [2.24, 2.45) is 0 Å². The van der Waals surface area contributed by atoms with Crippen molar-refractivity contribution in [3.05, 3.63) is 53.3 Å². The molecule has 3 nitrogen and oxygen atoms in total. The highest BCUT2D eigenvalue weighted by molar-refractivity contribution is 6.31. The van der Waals surface area contributed by atoms with Crippen LogP contribution >= 0.6 is 11.6 Å². The number of rotatable bonds is 1. The molecule has 0 unspecified atom stereocenters. The summed E-state index contributed by atoms with van der Waals surface area (Å²) < 4.78 is 0. The molecule has 0 radical (unpaired) electrons. The number of carbonyl (C=O) groups is 1. The Morgan fingerprint density at radius 2 is 2.19 bits per heavy atom. The van der Waals surface area contributed by atoms with E-state index in [1.165, 1.54) is 0 Å². The number of nitrogens with one attached hydrogen (secondary N) is 1. The van der Waals surface area contributed by atoms with Crippen LogP contribution < -0.4 is 10.2 Å². The summed E-state index contributed by atoms with van der Waals surface area (Å²) in [4.78, 5) is 13.4. The zero-order valence-corrected chi connectivity index (χ0v) is 9.58. The molecule has 1 aromatic rings. The van der Waals surface area contributed by atoms with Gasteiger partial charge in [0.25, 0.3) is 0 Å². The fourth-order valence-corrected chi connectivity index (χ4v) is 1.83. The quantitative estimate of drug-likeness (QED) is 0.795. The van der Waals surface area contributed by atoms with E-state index in [1.807, 2.05) is 25.1 Å². The van der Waals surface area contributed by atoms with Crippen molar-refractivity contribution in [2.75, 3.05) is 4.90 Å². The Morgan fingerprint density at radius 1 is 1.44 bits per heavy atom. The van der Waals surface area contributed by atoms with Crippen molar-refractivity contribution >= 4 is 23.3 Å². The van der Waals surface area contributed by atoms with E-state index >= 15 is 0 Å². The number of allylic oxidation sites excluding steroid dienone is 2. The molecule has 0 aromatic heterocycles. The number of urea groups is 1. The summed E-state index contributed by atoms with van der Waals surface area (Å²) in [5.41, 5.74) is 2.16. The Morgan fingerprint density at radius 3 is 2.81 bits per heavy atom. The van der Waals surface area contributed by atoms with Gasteiger partial charge in [-0.2, -0.15) is 0 Å². The van der Waals surface area contributed by atoms with Crippen LogP contribution in [0.4, 0.5) is 10.5 Å². The summed E-state index contributed by atoms with van der Waals surface area (Å²) in [7, 11) is 0. The highest BCUT2D eigenvalue weighted by Crippen LogP contribution is 2.25. The van der Waals surface area contributed by atoms with E-state index in [0.717, 1.165) is 11.4 Å². The summed E-state index contributed by atoms with van der Waals surface area (Å²) >= 11 is 5.89. The molecule has 2 rings (SSSR count). The average Bonchev–Trinajstić information content (AvgIpc) is 2.15. The third-order valence-corrected chi connectivity index (χ3v) is 2.51. The number of benzene rings is 1. The molecule has 1 aliphatic heterocycles. The second kappa shape index (κ2) is 4.02. The van der Waals surface area contributed by atoms with Crippen LogP contribution in [0, 0.1) is 0 Å². The lowest BCUT2D eigenvalue weighted by molar-refractivity contribution is 0.249. The second-order valence-electron chi connectivity index (χ2n) is 3.56. The van der Waals surface area contributed by atoms with Crippen LogP contribution in [0.5, 0.6) is 0 Å². The molecule has 0 atom stereocenters. The Kier molecular flexibility index (Phi) is 2.71. The molecule has 1 N–H and O–H groups in total. The van der Waals surface area contributed by atoms with Gasteiger partial charge >= 0.3 is 6.03 Å². The molecule has 0 saturated heterocycles. The molecule has 2 amide bonds. The summed E-state index contributed by atoms with van der Waals surface area (Å²) in [5, 5.41) is 3.25. The summed E-state index contributed by atoms with van der Waals surface area (Å²) in [6, 6.07) is 6.93. The standard InChI is InChI=1S/C12H11ClN2O/c1-8-6-9(2)15(12(16)14-8)11-5-3-4-10(13)7-11/h3-7H,1H2,2H3,(H,14,16). The molecule has 1 heterocycles. The summed E-state index contributed by atoms with van der Waals surface area (Å²) in [6.45, 7) is 5.55. The first-order valence-corrected chi connectivity index (χ1v) is 5.19. The van der Waals surface area contributed by atoms with Crippen molar-refractivity contribution in [1.82, 2.24) is 5.32 Å². The van der Waals surface area contributed by atoms with Crippen LogP contribution in [-0.2, 0) is 0 Å². The largest absolute Gasteiger partial charge is 0.330 e. The number of hydrogen-bond donors (Lipinski definition) is 1. The SMILES string of the molecule is C=C1C=C(C)N(c2cccc(Cl)c2)C(=O)N1. The lowest BCUT2D eigenvalue weighted by Gasteiger charge is -2.28. The van der Waals surface area contributed by atoms with Crippen molar-refractivity contribution in [3.63, 3.8) is 0 Å². The van der Waals surface area contributed by atoms with Gasteiger partial charge in [0.15, 0.2) is 0 Å². The van der Waals surface area contributed by atoms with Gasteiger partial charge in [-0.15, -0.1) is 0 Å². The maximum atomic E-state index is 11.8. The molecule has 0 spiro atoms. The third kappa shape index (κ3) is 1.95. The number of hydrogen-bond acceptors (Lipinski definition) is 1. The minimum absolute atomic E-state index is 0.215. The maximum absolute atomic E-state index is 11.8. The van der Waals surface area contributed by atoms with Crippen molar-refractivity contribution in [3.8, 4) is 0 Å². The number of nitrogens with zero attached hydrogens (tertiary/aromatic N) is 1. The minimum atomic E-state index is -0.215. The Balaban J connectivity index is 2.44. The predicted molar refractivity (Wildman–Crippen MR) is 65.4 cm³/mol. The molecule has 16 heavy (non-hydrogen) atoms. The molecule has 82 valence electrons. The normalized spacial score (nSPS) is 15.9. The molecule has 0 saturated carbocycles. The number of anilines is 1. The predicted octanol–water partition coefficient (Wildman–Crippen LogP) is 3.29. The Bertz CT molecular complexity index is 494. The number of halogens is 1. The minimum Gasteiger partial charge on any atom is -0.308 e. The van der Waals surface area contributed by atoms with E-state index in [-0.39, 0.29) is 6.03 Å². The van der Waals surface area contributed by atoms with Gasteiger partial charge in [0, 0.05) is 16.4 Å². The molecule has 1 aromatic carbocycles. The fourth-order valence-electron chi connectivity index (χ4n) is 1.64. The second-order valence-corrected chi connectivity index (χ2v) is 3.99. The average molecular weight is 235 g/mol. The molecule has 1 aliphatic rings. The van der Waals surface area contributed by atoms with Crippen molar-refractivity contribution in [2.45, 2.75) is 6.92 Å². The summed E-state index contributed by atoms with van der Waals surface area (Å²) in [6.07, 6.45) is 1.81. The topological polar surface area (TPSA) is 32.3 Å². The van der Waals surface area contributed by atoms with Crippen molar-refractivity contribution < 1.29 is 4.79 Å². The maximum Gasteiger partial charge on any atom is 0.330 e. The van der Waals surface area contributed by atoms with E-state index in [4.69, 9.17) is 11.6 Å². The molecule has 0 fully saturated rings. The fraction of sp³-hybridized carbons (Fsp3) is 0.0833. The first kappa shape index (κ1) is 10.8. The van der Waals surface area contributed by atoms with Gasteiger partial charge in [-0.05, 0) is 31.2 Å². The van der Waals surface area contributed by atoms with E-state index in [0.29, 0.717) is 10.7 Å². The Hall–Kier alpha value is -1.74. The smallest absolute Gasteiger partial charge is 0.308 e. The van der Waals surface area contributed by atoms with Crippen LogP contribution in [0.2, 0.25) is 5.02 Å². The van der Waals surface area contributed by atoms with Gasteiger partial charge in [0.2, 0.25) is 0 Å². The molecule has 4 heteroatoms. The van der Waals surface area contributed by atoms with Gasteiger partial charge < -0.3 is 5.32 Å². The lowest BCUT2D eigenvalue weighted by Crippen LogP contribution is -2.41. The first-order chi connectivity index (χ1) is 7.58. The molecule has 0 aliphatic carbocycles. The van der Waals surface area contributed by atoms with Gasteiger partial charge in [-0.1, -0.05) is 24.2 Å². The molecular formula is C12H11ClN2O. The van der Waals surface area contributed by atoms with Crippen LogP contribution in [0.15, 0.2) is 48.3 Å². The first-order valence-electron chi connectivity index (χ1n) is 4.82. The van der Waals surface area contributed by atoms with Crippen LogP contribution in [0.3, 0.4) is 0 Å². The zero-order chi connectivity index (χ0) is 11.7. The molecule has 0 bridgehead atoms. The summed E-state index contributed by atoms with van der Waals surface area (Å²) in [5.74, 6) is 0. The van der Waals surface area contributed by atoms with Crippen LogP contribution in [0.25, 0.3) is 0 Å². The van der Waals surface area contributed by atoms with Crippen LogP contribution in [0.1, 0.15) is 6.92 Å². The number of carbonyl (C=O) groups excluding carboxylic acids is 1. The zero-order valence-electron chi connectivity index (χ0n) is 8.83. The van der Waals surface area contributed by atoms with Gasteiger partial charge in [-0.25, -0.2) is 4.79 Å². The third-order valence-electron chi connectivity index (χ3n) is 2.27. The van der Waals surface area contributed by atoms with Crippen molar-refractivity contribution in [1.29, 1.82) is 0 Å². The highest BCUT2D eigenvalue weighted by Gasteiger charge is 2.21. The van der Waals surface area contributed by atoms with Crippen LogP contribution in [-0.4, -0.2) is 6.03 Å². The number of amides is 2. The molecular weight excluding hydrogens is 224 g/mol. The Labute approximate surface area is 99.0 Å². The lowest BCUT2D eigenvalue weighted by atomic mass is 10.2. The van der Waals surface area contributed by atoms with E-state index in [9.17, 15) is 4.79 Å². The highest BCUT2D eigenvalue weighted by atomic mass is 35.5.